The van der Waals surface area contributed by atoms with Gasteiger partial charge in [-0.25, -0.2) is 0 Å². The van der Waals surface area contributed by atoms with E-state index >= 15 is 0 Å². The third-order valence-corrected chi connectivity index (χ3v) is 10.1. The van der Waals surface area contributed by atoms with Gasteiger partial charge in [-0.2, -0.15) is 0 Å². The molecule has 5 unspecified atom stereocenters. The Morgan fingerprint density at radius 2 is 1.24 bits per heavy atom. The summed E-state index contributed by atoms with van der Waals surface area (Å²) in [5, 5.41) is 19.1. The fourth-order valence-corrected chi connectivity index (χ4v) is 7.71. The van der Waals surface area contributed by atoms with Crippen LogP contribution in [0.4, 0.5) is 0 Å². The Morgan fingerprint density at radius 1 is 0.818 bits per heavy atom. The molecule has 1 aliphatic carbocycles. The van der Waals surface area contributed by atoms with Gasteiger partial charge in [0.2, 0.25) is 0 Å². The fourth-order valence-electron chi connectivity index (χ4n) is 4.46. The summed E-state index contributed by atoms with van der Waals surface area (Å²) in [5.74, 6) is 1.84. The van der Waals surface area contributed by atoms with E-state index in [2.05, 4.69) is 61.5 Å². The first-order valence-corrected chi connectivity index (χ1v) is 18.8. The topological polar surface area (TPSA) is 46.1 Å². The van der Waals surface area contributed by atoms with Crippen molar-refractivity contribution in [3.05, 3.63) is 0 Å². The SMILES string of the molecule is CC(C)[O-].CC(C)[O-].CCCCPC1CCCC(C(C)CC)(C(C)CC)C1.CCCC[PH][Ti+2]. The molecule has 0 N–H and O–H groups in total. The van der Waals surface area contributed by atoms with E-state index in [4.69, 9.17) is 0 Å². The molecule has 5 heteroatoms. The summed E-state index contributed by atoms with van der Waals surface area (Å²) >= 11 is 2.26. The van der Waals surface area contributed by atoms with Crippen LogP contribution in [0.25, 0.3) is 0 Å². The van der Waals surface area contributed by atoms with Crippen molar-refractivity contribution < 1.29 is 30.1 Å². The zero-order valence-corrected chi connectivity index (χ0v) is 27.8. The first-order chi connectivity index (χ1) is 15.5. The van der Waals surface area contributed by atoms with Gasteiger partial charge in [0.1, 0.15) is 0 Å². The Balaban J connectivity index is -0.000000525. The molecule has 0 aliphatic heterocycles. The second kappa shape index (κ2) is 26.6. The predicted octanol–water partition coefficient (Wildman–Crippen LogP) is 7.92. The second-order valence-corrected chi connectivity index (χ2v) is 14.6. The quantitative estimate of drug-likeness (QED) is 0.152. The Bertz CT molecular complexity index is 355. The molecule has 1 saturated carbocycles. The molecule has 0 saturated heterocycles. The van der Waals surface area contributed by atoms with Crippen LogP contribution in [0.1, 0.15) is 133 Å². The summed E-state index contributed by atoms with van der Waals surface area (Å²) in [4.78, 5) is 0. The van der Waals surface area contributed by atoms with E-state index in [9.17, 15) is 10.2 Å². The van der Waals surface area contributed by atoms with E-state index in [1.165, 1.54) is 78.7 Å². The average Bonchev–Trinajstić information content (AvgIpc) is 2.76. The van der Waals surface area contributed by atoms with Crippen LogP contribution in [0, 0.1) is 17.3 Å². The molecule has 0 spiro atoms. The Labute approximate surface area is 225 Å². The van der Waals surface area contributed by atoms with E-state index in [1.54, 1.807) is 34.1 Å². The van der Waals surface area contributed by atoms with Gasteiger partial charge in [0, 0.05) is 0 Å². The van der Waals surface area contributed by atoms with Crippen LogP contribution >= 0.6 is 15.2 Å². The van der Waals surface area contributed by atoms with Gasteiger partial charge in [0.15, 0.2) is 0 Å². The van der Waals surface area contributed by atoms with Crippen molar-refractivity contribution in [1.82, 2.24) is 0 Å². The molecular weight excluding hydrogens is 478 g/mol. The van der Waals surface area contributed by atoms with Gasteiger partial charge in [-0.05, 0) is 54.8 Å². The standard InChI is InChI=1S/C18H37P.C4H10P.2C3H7O.Ti/c1-6-9-13-19-17-11-10-12-18(14-17,15(4)7-2)16(5)8-3;1-2-3-4-5;2*1-3(2)4;/h15-17,19H,6-14H2,1-5H3;5H,2-4H2,1H3;2*3H,1-2H3;/q;3*-1;+3. The van der Waals surface area contributed by atoms with Crippen LogP contribution < -0.4 is 10.2 Å². The fraction of sp³-hybridized carbons (Fsp3) is 1.00. The zero-order valence-electron chi connectivity index (χ0n) is 24.2. The molecule has 199 valence electrons. The molecule has 2 nitrogen and oxygen atoms in total. The first kappa shape index (κ1) is 39.0. The summed E-state index contributed by atoms with van der Waals surface area (Å²) in [6.07, 6.45) is 16.5. The van der Waals surface area contributed by atoms with Crippen LogP contribution in [-0.2, 0) is 19.9 Å². The molecule has 0 bridgehead atoms. The predicted molar refractivity (Wildman–Crippen MR) is 150 cm³/mol. The molecule has 0 radical (unpaired) electrons. The van der Waals surface area contributed by atoms with Crippen LogP contribution in [-0.4, -0.2) is 30.2 Å². The molecule has 0 aromatic rings. The first-order valence-electron chi connectivity index (χ1n) is 13.9. The minimum atomic E-state index is -0.417. The summed E-state index contributed by atoms with van der Waals surface area (Å²) in [7, 11) is 1.24. The molecule has 1 aliphatic rings. The van der Waals surface area contributed by atoms with Crippen molar-refractivity contribution in [2.24, 2.45) is 17.3 Å². The third kappa shape index (κ3) is 23.6. The molecule has 0 amide bonds. The molecule has 1 rings (SSSR count). The minimum absolute atomic E-state index is 0.417. The number of rotatable bonds is 11. The van der Waals surface area contributed by atoms with Gasteiger partial charge in [-0.3, -0.25) is 0 Å². The summed E-state index contributed by atoms with van der Waals surface area (Å²) in [5.41, 5.74) is 1.73. The maximum absolute atomic E-state index is 9.53. The molecule has 1 fully saturated rings. The van der Waals surface area contributed by atoms with E-state index in [0.717, 1.165) is 24.1 Å². The van der Waals surface area contributed by atoms with E-state index in [0.29, 0.717) is 5.41 Å². The molecule has 33 heavy (non-hydrogen) atoms. The van der Waals surface area contributed by atoms with E-state index < -0.39 is 12.2 Å². The molecule has 0 heterocycles. The second-order valence-electron chi connectivity index (χ2n) is 10.3. The molecule has 5 atom stereocenters. The zero-order chi connectivity index (χ0) is 26.3. The van der Waals surface area contributed by atoms with E-state index in [-0.39, 0.29) is 0 Å². The van der Waals surface area contributed by atoms with Gasteiger partial charge < -0.3 is 10.2 Å². The van der Waals surface area contributed by atoms with Crippen molar-refractivity contribution >= 4 is 15.2 Å². The van der Waals surface area contributed by atoms with E-state index in [1.807, 2.05) is 0 Å². The average molecular weight is 540 g/mol. The monoisotopic (exact) mass is 539 g/mol. The normalized spacial score (nSPS) is 22.5. The van der Waals surface area contributed by atoms with Gasteiger partial charge in [0.25, 0.3) is 0 Å². The number of hydrogen-bond acceptors (Lipinski definition) is 2. The summed E-state index contributed by atoms with van der Waals surface area (Å²) in [6, 6.07) is 0. The van der Waals surface area contributed by atoms with Crippen molar-refractivity contribution in [1.29, 1.82) is 0 Å². The summed E-state index contributed by atoms with van der Waals surface area (Å²) in [6.45, 7) is 22.0. The van der Waals surface area contributed by atoms with Crippen molar-refractivity contribution in [3.8, 4) is 0 Å². The Morgan fingerprint density at radius 3 is 1.58 bits per heavy atom. The van der Waals surface area contributed by atoms with Crippen molar-refractivity contribution in [3.63, 3.8) is 0 Å². The maximum atomic E-state index is 9.53. The molecule has 0 aromatic heterocycles. The van der Waals surface area contributed by atoms with Crippen LogP contribution in [0.2, 0.25) is 0 Å². The Kier molecular flexibility index (Phi) is 31.4. The molecular formula is C28H61O2P2Ti. The van der Waals surface area contributed by atoms with Crippen LogP contribution in [0.3, 0.4) is 0 Å². The third-order valence-electron chi connectivity index (χ3n) is 6.63. The Hall–Kier alpha value is 1.49. The summed E-state index contributed by atoms with van der Waals surface area (Å²) < 4.78 is 0. The van der Waals surface area contributed by atoms with Crippen molar-refractivity contribution in [2.75, 3.05) is 12.3 Å². The van der Waals surface area contributed by atoms with Crippen LogP contribution in [0.15, 0.2) is 0 Å². The van der Waals surface area contributed by atoms with Gasteiger partial charge in [-0.1, -0.05) is 88.0 Å². The molecule has 0 aromatic carbocycles. The van der Waals surface area contributed by atoms with Crippen molar-refractivity contribution in [2.45, 2.75) is 151 Å². The van der Waals surface area contributed by atoms with Crippen LogP contribution in [0.5, 0.6) is 0 Å². The van der Waals surface area contributed by atoms with Gasteiger partial charge in [0.05, 0.1) is 0 Å². The number of unbranched alkanes of at least 4 members (excludes halogenated alkanes) is 2. The van der Waals surface area contributed by atoms with Gasteiger partial charge >= 0.3 is 52.4 Å². The van der Waals surface area contributed by atoms with Gasteiger partial charge in [-0.15, -0.1) is 20.8 Å². The number of hydrogen-bond donors (Lipinski definition) is 0.